The second kappa shape index (κ2) is 9.55. The van der Waals surface area contributed by atoms with Crippen LogP contribution in [0.1, 0.15) is 43.5 Å². The van der Waals surface area contributed by atoms with Gasteiger partial charge in [-0.3, -0.25) is 9.59 Å². The molecule has 21 heavy (non-hydrogen) atoms. The minimum absolute atomic E-state index is 0.191. The molecule has 0 radical (unpaired) electrons. The number of carbonyl (C=O) groups is 2. The second-order valence-corrected chi connectivity index (χ2v) is 6.19. The molecule has 0 heterocycles. The summed E-state index contributed by atoms with van der Waals surface area (Å²) in [5.41, 5.74) is 0.565. The number of carbonyl (C=O) groups excluding carboxylic acids is 2. The number of hydrogen-bond donors (Lipinski definition) is 1. The van der Waals surface area contributed by atoms with E-state index >= 15 is 0 Å². The van der Waals surface area contributed by atoms with Crippen molar-refractivity contribution < 1.29 is 14.3 Å². The highest BCUT2D eigenvalue weighted by Crippen LogP contribution is 2.11. The molecule has 4 nitrogen and oxygen atoms in total. The summed E-state index contributed by atoms with van der Waals surface area (Å²) in [5, 5.41) is 2.71. The molecule has 116 valence electrons. The first-order valence-corrected chi connectivity index (χ1v) is 7.97. The molecule has 1 aromatic carbocycles. The molecule has 1 N–H and O–H groups in total. The van der Waals surface area contributed by atoms with Gasteiger partial charge in [0, 0.05) is 16.6 Å². The second-order valence-electron chi connectivity index (χ2n) is 5.27. The van der Waals surface area contributed by atoms with Crippen LogP contribution in [0.2, 0.25) is 0 Å². The van der Waals surface area contributed by atoms with Crippen molar-refractivity contribution in [3.63, 3.8) is 0 Å². The minimum atomic E-state index is -0.270. The zero-order valence-corrected chi connectivity index (χ0v) is 14.1. The number of benzene rings is 1. The maximum absolute atomic E-state index is 11.8. The van der Waals surface area contributed by atoms with E-state index in [0.717, 1.165) is 17.3 Å². The lowest BCUT2D eigenvalue weighted by molar-refractivity contribution is -0.143. The van der Waals surface area contributed by atoms with E-state index in [9.17, 15) is 9.59 Å². The van der Waals surface area contributed by atoms with Crippen LogP contribution in [0.4, 0.5) is 0 Å². The van der Waals surface area contributed by atoms with Crippen molar-refractivity contribution in [1.82, 2.24) is 5.32 Å². The molecule has 0 aromatic heterocycles. The summed E-state index contributed by atoms with van der Waals surface area (Å²) in [5.74, 6) is 0.158. The van der Waals surface area contributed by atoms with Crippen LogP contribution in [-0.2, 0) is 9.53 Å². The number of ether oxygens (including phenoxy) is 1. The zero-order valence-electron chi connectivity index (χ0n) is 12.5. The molecule has 0 saturated heterocycles. The highest BCUT2D eigenvalue weighted by Gasteiger charge is 2.07. The van der Waals surface area contributed by atoms with Gasteiger partial charge in [0.2, 0.25) is 0 Å². The molecule has 5 heteroatoms. The van der Waals surface area contributed by atoms with Crippen molar-refractivity contribution in [3.8, 4) is 0 Å². The molecule has 0 fully saturated rings. The van der Waals surface area contributed by atoms with E-state index < -0.39 is 0 Å². The van der Waals surface area contributed by atoms with Crippen LogP contribution >= 0.6 is 15.9 Å². The number of amides is 1. The monoisotopic (exact) mass is 355 g/mol. The Morgan fingerprint density at radius 3 is 2.76 bits per heavy atom. The Hall–Kier alpha value is -1.36. The van der Waals surface area contributed by atoms with Crippen molar-refractivity contribution in [2.45, 2.75) is 33.1 Å². The predicted molar refractivity (Wildman–Crippen MR) is 86.1 cm³/mol. The first kappa shape index (κ1) is 17.7. The van der Waals surface area contributed by atoms with E-state index in [1.807, 2.05) is 6.07 Å². The molecule has 0 bridgehead atoms. The predicted octanol–water partition coefficient (Wildman–Crippen LogP) is 3.55. The largest absolute Gasteiger partial charge is 0.466 e. The van der Waals surface area contributed by atoms with Crippen LogP contribution < -0.4 is 5.32 Å². The summed E-state index contributed by atoms with van der Waals surface area (Å²) in [7, 11) is 0. The fourth-order valence-electron chi connectivity index (χ4n) is 1.76. The lowest BCUT2D eigenvalue weighted by Crippen LogP contribution is -2.26. The molecule has 1 amide bonds. The average molecular weight is 356 g/mol. The molecule has 0 aliphatic heterocycles. The van der Waals surface area contributed by atoms with Gasteiger partial charge in [-0.1, -0.05) is 35.8 Å². The quantitative estimate of drug-likeness (QED) is 0.573. The Kier molecular flexibility index (Phi) is 8.05. The first-order valence-electron chi connectivity index (χ1n) is 7.18. The minimum Gasteiger partial charge on any atom is -0.466 e. The summed E-state index contributed by atoms with van der Waals surface area (Å²) in [6, 6.07) is 7.11. The standard InChI is InChI=1S/C16H22BrNO3/c1-12(2)5-4-10-21-15(19)8-9-18-16(20)13-6-3-7-14(17)11-13/h3,6-7,11-12H,4-5,8-10H2,1-2H3,(H,18,20). The maximum atomic E-state index is 11.8. The van der Waals surface area contributed by atoms with Crippen LogP contribution in [0.15, 0.2) is 28.7 Å². The van der Waals surface area contributed by atoms with E-state index in [2.05, 4.69) is 35.1 Å². The third-order valence-corrected chi connectivity index (χ3v) is 3.38. The summed E-state index contributed by atoms with van der Waals surface area (Å²) in [4.78, 5) is 23.3. The van der Waals surface area contributed by atoms with Gasteiger partial charge in [-0.15, -0.1) is 0 Å². The lowest BCUT2D eigenvalue weighted by atomic mass is 10.1. The highest BCUT2D eigenvalue weighted by atomic mass is 79.9. The van der Waals surface area contributed by atoms with Crippen molar-refractivity contribution in [3.05, 3.63) is 34.3 Å². The SMILES string of the molecule is CC(C)CCCOC(=O)CCNC(=O)c1cccc(Br)c1. The molecule has 0 unspecified atom stereocenters. The topological polar surface area (TPSA) is 55.4 Å². The number of nitrogens with one attached hydrogen (secondary N) is 1. The molecule has 0 spiro atoms. The number of rotatable bonds is 8. The van der Waals surface area contributed by atoms with Crippen LogP contribution in [0.3, 0.4) is 0 Å². The van der Waals surface area contributed by atoms with Gasteiger partial charge in [0.25, 0.3) is 5.91 Å². The molecular weight excluding hydrogens is 334 g/mol. The molecule has 0 aliphatic rings. The number of hydrogen-bond acceptors (Lipinski definition) is 3. The van der Waals surface area contributed by atoms with Crippen molar-refractivity contribution in [2.24, 2.45) is 5.92 Å². The number of esters is 1. The van der Waals surface area contributed by atoms with Crippen molar-refractivity contribution in [1.29, 1.82) is 0 Å². The smallest absolute Gasteiger partial charge is 0.307 e. The molecule has 0 saturated carbocycles. The van der Waals surface area contributed by atoms with Gasteiger partial charge in [0.05, 0.1) is 13.0 Å². The van der Waals surface area contributed by atoms with Gasteiger partial charge in [-0.25, -0.2) is 0 Å². The van der Waals surface area contributed by atoms with Gasteiger partial charge < -0.3 is 10.1 Å². The molecule has 0 atom stereocenters. The van der Waals surface area contributed by atoms with Crippen molar-refractivity contribution >= 4 is 27.8 Å². The highest BCUT2D eigenvalue weighted by molar-refractivity contribution is 9.10. The molecule has 0 aliphatic carbocycles. The summed E-state index contributed by atoms with van der Waals surface area (Å²) in [6.07, 6.45) is 2.13. The summed E-state index contributed by atoms with van der Waals surface area (Å²) in [6.45, 7) is 5.02. The molecular formula is C16H22BrNO3. The molecule has 1 aromatic rings. The maximum Gasteiger partial charge on any atom is 0.307 e. The number of halogens is 1. The van der Waals surface area contributed by atoms with Crippen LogP contribution in [0.25, 0.3) is 0 Å². The Labute approximate surface area is 134 Å². The van der Waals surface area contributed by atoms with E-state index in [-0.39, 0.29) is 24.8 Å². The van der Waals surface area contributed by atoms with E-state index in [4.69, 9.17) is 4.74 Å². The fraction of sp³-hybridized carbons (Fsp3) is 0.500. The van der Waals surface area contributed by atoms with E-state index in [0.29, 0.717) is 18.1 Å². The van der Waals surface area contributed by atoms with E-state index in [1.165, 1.54) is 0 Å². The van der Waals surface area contributed by atoms with Crippen LogP contribution in [0, 0.1) is 5.92 Å². The Morgan fingerprint density at radius 1 is 1.33 bits per heavy atom. The third-order valence-electron chi connectivity index (χ3n) is 2.89. The summed E-state index contributed by atoms with van der Waals surface area (Å²) >= 11 is 3.31. The van der Waals surface area contributed by atoms with Gasteiger partial charge in [-0.05, 0) is 37.0 Å². The Balaban J connectivity index is 2.18. The van der Waals surface area contributed by atoms with Crippen LogP contribution in [-0.4, -0.2) is 25.0 Å². The van der Waals surface area contributed by atoms with Gasteiger partial charge in [-0.2, -0.15) is 0 Å². The average Bonchev–Trinajstić information content (AvgIpc) is 2.43. The third kappa shape index (κ3) is 7.85. The summed E-state index contributed by atoms with van der Waals surface area (Å²) < 4.78 is 5.95. The van der Waals surface area contributed by atoms with E-state index in [1.54, 1.807) is 18.2 Å². The van der Waals surface area contributed by atoms with Gasteiger partial charge in [0.15, 0.2) is 0 Å². The Morgan fingerprint density at radius 2 is 2.10 bits per heavy atom. The Bertz CT molecular complexity index is 474. The first-order chi connectivity index (χ1) is 9.99. The molecule has 1 rings (SSSR count). The van der Waals surface area contributed by atoms with Gasteiger partial charge >= 0.3 is 5.97 Å². The lowest BCUT2D eigenvalue weighted by Gasteiger charge is -2.07. The van der Waals surface area contributed by atoms with Gasteiger partial charge in [0.1, 0.15) is 0 Å². The van der Waals surface area contributed by atoms with Crippen LogP contribution in [0.5, 0.6) is 0 Å². The normalized spacial score (nSPS) is 10.5. The fourth-order valence-corrected chi connectivity index (χ4v) is 2.16. The van der Waals surface area contributed by atoms with Crippen molar-refractivity contribution in [2.75, 3.05) is 13.2 Å². The zero-order chi connectivity index (χ0) is 15.7.